The molecule has 0 heterocycles. The van der Waals surface area contributed by atoms with Gasteiger partial charge in [-0.05, 0) is 43.4 Å². The Morgan fingerprint density at radius 2 is 1.94 bits per heavy atom. The molecule has 0 unspecified atom stereocenters. The Morgan fingerprint density at radius 1 is 1.17 bits per heavy atom. The number of hydrogen-bond acceptors (Lipinski definition) is 3. The van der Waals surface area contributed by atoms with Gasteiger partial charge in [-0.25, -0.2) is 8.42 Å². The number of nitrogens with one attached hydrogen (secondary N) is 2. The third-order valence-electron chi connectivity index (χ3n) is 3.32. The molecule has 4 nitrogen and oxygen atoms in total. The van der Waals surface area contributed by atoms with Crippen molar-refractivity contribution in [3.63, 3.8) is 0 Å². The summed E-state index contributed by atoms with van der Waals surface area (Å²) in [6, 6.07) is 8.30. The molecule has 2 aliphatic rings. The highest BCUT2D eigenvalue weighted by Gasteiger charge is 2.35. The molecule has 0 aromatic heterocycles. The lowest BCUT2D eigenvalue weighted by Gasteiger charge is -2.09. The van der Waals surface area contributed by atoms with Crippen LogP contribution in [0.1, 0.15) is 31.2 Å². The summed E-state index contributed by atoms with van der Waals surface area (Å²) in [5.41, 5.74) is 1.80. The van der Waals surface area contributed by atoms with Gasteiger partial charge in [-0.1, -0.05) is 12.1 Å². The zero-order chi connectivity index (χ0) is 12.6. The quantitative estimate of drug-likeness (QED) is 0.826. The van der Waals surface area contributed by atoms with Crippen molar-refractivity contribution in [2.45, 2.75) is 43.5 Å². The fourth-order valence-electron chi connectivity index (χ4n) is 1.92. The molecular formula is C13H18N2O2S. The number of rotatable bonds is 6. The summed E-state index contributed by atoms with van der Waals surface area (Å²) in [4.78, 5) is 0. The number of hydrogen-bond donors (Lipinski definition) is 2. The Morgan fingerprint density at radius 3 is 2.61 bits per heavy atom. The highest BCUT2D eigenvalue weighted by molar-refractivity contribution is 7.93. The Bertz CT molecular complexity index is 534. The van der Waals surface area contributed by atoms with Crippen LogP contribution in [-0.4, -0.2) is 19.7 Å². The second-order valence-electron chi connectivity index (χ2n) is 5.20. The zero-order valence-electron chi connectivity index (χ0n) is 10.2. The fraction of sp³-hybridized carbons (Fsp3) is 0.538. The number of sulfonamides is 1. The van der Waals surface area contributed by atoms with Crippen LogP contribution in [0.3, 0.4) is 0 Å². The highest BCUT2D eigenvalue weighted by Crippen LogP contribution is 2.29. The normalized spacial score (nSPS) is 19.8. The minimum atomic E-state index is -3.15. The van der Waals surface area contributed by atoms with E-state index in [1.54, 1.807) is 6.07 Å². The average Bonchev–Trinajstić information content (AvgIpc) is 3.16. The van der Waals surface area contributed by atoms with E-state index in [4.69, 9.17) is 0 Å². The molecular weight excluding hydrogens is 248 g/mol. The third kappa shape index (κ3) is 3.03. The molecule has 2 aliphatic carbocycles. The monoisotopic (exact) mass is 266 g/mol. The lowest BCUT2D eigenvalue weighted by molar-refractivity contribution is 0.600. The van der Waals surface area contributed by atoms with Crippen molar-refractivity contribution in [1.82, 2.24) is 5.32 Å². The van der Waals surface area contributed by atoms with Crippen molar-refractivity contribution in [3.8, 4) is 0 Å². The van der Waals surface area contributed by atoms with Gasteiger partial charge in [0.2, 0.25) is 10.0 Å². The third-order valence-corrected chi connectivity index (χ3v) is 5.19. The first-order chi connectivity index (χ1) is 8.63. The molecule has 5 heteroatoms. The second-order valence-corrected chi connectivity index (χ2v) is 7.16. The maximum absolute atomic E-state index is 11.8. The lowest BCUT2D eigenvalue weighted by atomic mass is 10.2. The molecule has 0 aliphatic heterocycles. The molecule has 0 atom stereocenters. The van der Waals surface area contributed by atoms with Gasteiger partial charge in [0.15, 0.2) is 0 Å². The summed E-state index contributed by atoms with van der Waals surface area (Å²) in [6.07, 6.45) is 4.10. The highest BCUT2D eigenvalue weighted by atomic mass is 32.2. The molecule has 1 aromatic carbocycles. The number of anilines is 1. The van der Waals surface area contributed by atoms with Crippen LogP contribution in [-0.2, 0) is 16.6 Å². The largest absolute Gasteiger partial charge is 0.310 e. The second kappa shape index (κ2) is 4.55. The maximum atomic E-state index is 11.8. The van der Waals surface area contributed by atoms with Crippen LogP contribution < -0.4 is 10.0 Å². The van der Waals surface area contributed by atoms with E-state index in [1.807, 2.05) is 18.2 Å². The minimum absolute atomic E-state index is 0.175. The lowest BCUT2D eigenvalue weighted by Crippen LogP contribution is -2.18. The maximum Gasteiger partial charge on any atom is 0.235 e. The molecule has 2 N–H and O–H groups in total. The summed E-state index contributed by atoms with van der Waals surface area (Å²) < 4.78 is 26.3. The van der Waals surface area contributed by atoms with Crippen molar-refractivity contribution in [1.29, 1.82) is 0 Å². The van der Waals surface area contributed by atoms with Gasteiger partial charge in [0, 0.05) is 18.3 Å². The molecule has 2 saturated carbocycles. The van der Waals surface area contributed by atoms with E-state index in [1.165, 1.54) is 12.8 Å². The Kier molecular flexibility index (Phi) is 3.03. The summed E-state index contributed by atoms with van der Waals surface area (Å²) in [5, 5.41) is 3.25. The zero-order valence-corrected chi connectivity index (χ0v) is 11.0. The molecule has 98 valence electrons. The predicted molar refractivity (Wildman–Crippen MR) is 71.9 cm³/mol. The van der Waals surface area contributed by atoms with Gasteiger partial charge in [-0.2, -0.15) is 0 Å². The SMILES string of the molecule is O=S(=O)(Nc1cccc(CNC2CC2)c1)C1CC1. The standard InChI is InChI=1S/C13H18N2O2S/c16-18(17,13-6-7-13)15-12-3-1-2-10(8-12)9-14-11-4-5-11/h1-3,8,11,13-15H,4-7,9H2. The topological polar surface area (TPSA) is 58.2 Å². The van der Waals surface area contributed by atoms with Crippen molar-refractivity contribution in [3.05, 3.63) is 29.8 Å². The van der Waals surface area contributed by atoms with Crippen LogP contribution >= 0.6 is 0 Å². The van der Waals surface area contributed by atoms with Crippen LogP contribution in [0.15, 0.2) is 24.3 Å². The van der Waals surface area contributed by atoms with Gasteiger partial charge in [0.1, 0.15) is 0 Å². The first kappa shape index (κ1) is 12.0. The summed E-state index contributed by atoms with van der Waals surface area (Å²) in [6.45, 7) is 0.809. The van der Waals surface area contributed by atoms with Gasteiger partial charge in [0.25, 0.3) is 0 Å². The minimum Gasteiger partial charge on any atom is -0.310 e. The molecule has 1 aromatic rings. The van der Waals surface area contributed by atoms with Crippen LogP contribution in [0.5, 0.6) is 0 Å². The van der Waals surface area contributed by atoms with E-state index >= 15 is 0 Å². The van der Waals surface area contributed by atoms with Gasteiger partial charge in [-0.15, -0.1) is 0 Å². The summed E-state index contributed by atoms with van der Waals surface area (Å²) in [5.74, 6) is 0. The van der Waals surface area contributed by atoms with Crippen LogP contribution in [0, 0.1) is 0 Å². The predicted octanol–water partition coefficient (Wildman–Crippen LogP) is 1.84. The molecule has 0 amide bonds. The first-order valence-corrected chi connectivity index (χ1v) is 8.02. The Balaban J connectivity index is 1.65. The van der Waals surface area contributed by atoms with E-state index in [0.717, 1.165) is 24.9 Å². The summed E-state index contributed by atoms with van der Waals surface area (Å²) >= 11 is 0. The Hall–Kier alpha value is -1.07. The van der Waals surface area contributed by atoms with Crippen molar-refractivity contribution in [2.75, 3.05) is 4.72 Å². The molecule has 2 fully saturated rings. The smallest absolute Gasteiger partial charge is 0.235 e. The number of benzene rings is 1. The van der Waals surface area contributed by atoms with Crippen LogP contribution in [0.4, 0.5) is 5.69 Å². The Labute approximate surface area is 108 Å². The fourth-order valence-corrected chi connectivity index (χ4v) is 3.30. The first-order valence-electron chi connectivity index (χ1n) is 6.47. The van der Waals surface area contributed by atoms with Gasteiger partial charge in [0.05, 0.1) is 5.25 Å². The van der Waals surface area contributed by atoms with E-state index < -0.39 is 10.0 Å². The molecule has 0 radical (unpaired) electrons. The molecule has 0 spiro atoms. The van der Waals surface area contributed by atoms with Crippen LogP contribution in [0.2, 0.25) is 0 Å². The van der Waals surface area contributed by atoms with Crippen LogP contribution in [0.25, 0.3) is 0 Å². The van der Waals surface area contributed by atoms with Crippen molar-refractivity contribution < 1.29 is 8.42 Å². The van der Waals surface area contributed by atoms with E-state index in [-0.39, 0.29) is 5.25 Å². The van der Waals surface area contributed by atoms with E-state index in [9.17, 15) is 8.42 Å². The molecule has 0 bridgehead atoms. The van der Waals surface area contributed by atoms with Gasteiger partial charge < -0.3 is 5.32 Å². The van der Waals surface area contributed by atoms with E-state index in [0.29, 0.717) is 11.7 Å². The summed E-state index contributed by atoms with van der Waals surface area (Å²) in [7, 11) is -3.15. The average molecular weight is 266 g/mol. The molecule has 0 saturated heterocycles. The van der Waals surface area contributed by atoms with E-state index in [2.05, 4.69) is 10.0 Å². The van der Waals surface area contributed by atoms with Crippen molar-refractivity contribution >= 4 is 15.7 Å². The molecule has 3 rings (SSSR count). The molecule has 18 heavy (non-hydrogen) atoms. The van der Waals surface area contributed by atoms with Gasteiger partial charge >= 0.3 is 0 Å². The van der Waals surface area contributed by atoms with Crippen molar-refractivity contribution in [2.24, 2.45) is 0 Å². The van der Waals surface area contributed by atoms with Gasteiger partial charge in [-0.3, -0.25) is 4.72 Å².